The maximum absolute atomic E-state index is 5.29. The summed E-state index contributed by atoms with van der Waals surface area (Å²) in [7, 11) is 0. The van der Waals surface area contributed by atoms with E-state index in [1.807, 2.05) is 23.5 Å². The molecule has 0 unspecified atom stereocenters. The zero-order valence-electron chi connectivity index (χ0n) is 26.5. The molecule has 228 valence electrons. The summed E-state index contributed by atoms with van der Waals surface area (Å²) in [6.45, 7) is 0. The quantitative estimate of drug-likeness (QED) is 0.179. The van der Waals surface area contributed by atoms with Gasteiger partial charge in [-0.05, 0) is 61.6 Å². The lowest BCUT2D eigenvalue weighted by molar-refractivity contribution is 1.19. The minimum Gasteiger partial charge on any atom is -0.228 e. The highest BCUT2D eigenvalue weighted by molar-refractivity contribution is 7.26. The first-order valence-corrected chi connectivity index (χ1v) is 17.4. The summed E-state index contributed by atoms with van der Waals surface area (Å²) in [6, 6.07) is 60.7. The van der Waals surface area contributed by atoms with E-state index in [4.69, 9.17) is 9.97 Å². The monoisotopic (exact) mass is 640 g/mol. The van der Waals surface area contributed by atoms with E-state index in [2.05, 4.69) is 158 Å². The molecule has 8 aromatic carbocycles. The molecule has 0 fully saturated rings. The van der Waals surface area contributed by atoms with E-state index in [0.717, 1.165) is 44.7 Å². The van der Waals surface area contributed by atoms with Gasteiger partial charge in [-0.1, -0.05) is 152 Å². The molecule has 0 radical (unpaired) electrons. The van der Waals surface area contributed by atoms with Crippen LogP contribution in [0.1, 0.15) is 0 Å². The Morgan fingerprint density at radius 2 is 0.878 bits per heavy atom. The Morgan fingerprint density at radius 3 is 1.49 bits per heavy atom. The Labute approximate surface area is 287 Å². The van der Waals surface area contributed by atoms with Gasteiger partial charge in [0, 0.05) is 36.9 Å². The van der Waals surface area contributed by atoms with Crippen molar-refractivity contribution >= 4 is 63.8 Å². The molecule has 0 spiro atoms. The Hall–Kier alpha value is -6.16. The van der Waals surface area contributed by atoms with Crippen LogP contribution in [0.5, 0.6) is 0 Å². The smallest absolute Gasteiger partial charge is 0.161 e. The SMILES string of the molecule is c1ccc(-c2cc(-c3ccccc3)nc(-c3c4ccccc4c(-c4ccc5sc6c7ccccc7ccc6c5c4)c4ccccc34)n2)cc1. The average Bonchev–Trinajstić information content (AvgIpc) is 3.56. The van der Waals surface area contributed by atoms with E-state index in [-0.39, 0.29) is 0 Å². The Bertz CT molecular complexity index is 2760. The number of rotatable bonds is 4. The molecular formula is C46H28N2S. The third kappa shape index (κ3) is 4.55. The van der Waals surface area contributed by atoms with Gasteiger partial charge in [0.25, 0.3) is 0 Å². The van der Waals surface area contributed by atoms with Crippen molar-refractivity contribution in [1.82, 2.24) is 9.97 Å². The van der Waals surface area contributed by atoms with E-state index in [1.165, 1.54) is 52.8 Å². The van der Waals surface area contributed by atoms with E-state index < -0.39 is 0 Å². The van der Waals surface area contributed by atoms with Gasteiger partial charge in [-0.25, -0.2) is 9.97 Å². The fourth-order valence-corrected chi connectivity index (χ4v) is 8.63. The van der Waals surface area contributed by atoms with Crippen LogP contribution in [0.4, 0.5) is 0 Å². The van der Waals surface area contributed by atoms with Crippen molar-refractivity contribution in [1.29, 1.82) is 0 Å². The van der Waals surface area contributed by atoms with E-state index in [0.29, 0.717) is 0 Å². The predicted molar refractivity (Wildman–Crippen MR) is 209 cm³/mol. The topological polar surface area (TPSA) is 25.8 Å². The maximum Gasteiger partial charge on any atom is 0.161 e. The summed E-state index contributed by atoms with van der Waals surface area (Å²) in [5.74, 6) is 0.727. The molecule has 0 aliphatic carbocycles. The summed E-state index contributed by atoms with van der Waals surface area (Å²) >= 11 is 1.88. The van der Waals surface area contributed by atoms with Gasteiger partial charge < -0.3 is 0 Å². The Morgan fingerprint density at radius 1 is 0.347 bits per heavy atom. The lowest BCUT2D eigenvalue weighted by Gasteiger charge is -2.18. The highest BCUT2D eigenvalue weighted by Gasteiger charge is 2.20. The minimum absolute atomic E-state index is 0.727. The van der Waals surface area contributed by atoms with E-state index in [1.54, 1.807) is 0 Å². The fourth-order valence-electron chi connectivity index (χ4n) is 7.41. The molecule has 0 aliphatic heterocycles. The molecule has 0 atom stereocenters. The van der Waals surface area contributed by atoms with Crippen molar-refractivity contribution in [3.8, 4) is 45.0 Å². The predicted octanol–water partition coefficient (Wildman–Crippen LogP) is 13.0. The molecule has 49 heavy (non-hydrogen) atoms. The molecule has 10 aromatic rings. The summed E-state index contributed by atoms with van der Waals surface area (Å²) in [5.41, 5.74) is 7.45. The van der Waals surface area contributed by atoms with Crippen molar-refractivity contribution in [2.24, 2.45) is 0 Å². The summed E-state index contributed by atoms with van der Waals surface area (Å²) in [6.07, 6.45) is 0. The first kappa shape index (κ1) is 27.9. The lowest BCUT2D eigenvalue weighted by atomic mass is 9.87. The number of benzene rings is 8. The van der Waals surface area contributed by atoms with Crippen LogP contribution in [0, 0.1) is 0 Å². The summed E-state index contributed by atoms with van der Waals surface area (Å²) in [5, 5.41) is 9.87. The van der Waals surface area contributed by atoms with Crippen LogP contribution in [-0.2, 0) is 0 Å². The van der Waals surface area contributed by atoms with Crippen LogP contribution in [0.15, 0.2) is 170 Å². The molecule has 2 aromatic heterocycles. The lowest BCUT2D eigenvalue weighted by Crippen LogP contribution is -1.98. The number of fused-ring (bicyclic) bond motifs is 7. The summed E-state index contributed by atoms with van der Waals surface area (Å²) < 4.78 is 2.65. The zero-order valence-corrected chi connectivity index (χ0v) is 27.3. The van der Waals surface area contributed by atoms with Crippen LogP contribution in [0.2, 0.25) is 0 Å². The molecule has 0 amide bonds. The normalized spacial score (nSPS) is 11.7. The number of thiophene rings is 1. The molecular weight excluding hydrogens is 613 g/mol. The maximum atomic E-state index is 5.29. The molecule has 10 rings (SSSR count). The largest absolute Gasteiger partial charge is 0.228 e. The van der Waals surface area contributed by atoms with Gasteiger partial charge in [0.05, 0.1) is 11.4 Å². The fraction of sp³-hybridized carbons (Fsp3) is 0. The first-order valence-electron chi connectivity index (χ1n) is 16.6. The second kappa shape index (κ2) is 11.2. The van der Waals surface area contributed by atoms with Crippen molar-refractivity contribution in [3.05, 3.63) is 170 Å². The minimum atomic E-state index is 0.727. The van der Waals surface area contributed by atoms with Crippen molar-refractivity contribution in [3.63, 3.8) is 0 Å². The number of nitrogens with zero attached hydrogens (tertiary/aromatic N) is 2. The van der Waals surface area contributed by atoms with Crippen molar-refractivity contribution < 1.29 is 0 Å². The van der Waals surface area contributed by atoms with Gasteiger partial charge in [-0.2, -0.15) is 0 Å². The van der Waals surface area contributed by atoms with Gasteiger partial charge in [-0.15, -0.1) is 11.3 Å². The Balaban J connectivity index is 1.26. The van der Waals surface area contributed by atoms with Crippen LogP contribution in [0.3, 0.4) is 0 Å². The van der Waals surface area contributed by atoms with Gasteiger partial charge >= 0.3 is 0 Å². The first-order chi connectivity index (χ1) is 24.3. The number of hydrogen-bond acceptors (Lipinski definition) is 3. The number of aromatic nitrogens is 2. The molecule has 3 heteroatoms. The van der Waals surface area contributed by atoms with Crippen LogP contribution in [-0.4, -0.2) is 9.97 Å². The molecule has 2 heterocycles. The van der Waals surface area contributed by atoms with Gasteiger partial charge in [-0.3, -0.25) is 0 Å². The van der Waals surface area contributed by atoms with Gasteiger partial charge in [0.2, 0.25) is 0 Å². The molecule has 0 aliphatic rings. The number of hydrogen-bond donors (Lipinski definition) is 0. The van der Waals surface area contributed by atoms with Crippen molar-refractivity contribution in [2.45, 2.75) is 0 Å². The summed E-state index contributed by atoms with van der Waals surface area (Å²) in [4.78, 5) is 10.6. The van der Waals surface area contributed by atoms with Gasteiger partial charge in [0.15, 0.2) is 5.82 Å². The molecule has 0 saturated carbocycles. The average molecular weight is 641 g/mol. The van der Waals surface area contributed by atoms with Gasteiger partial charge in [0.1, 0.15) is 0 Å². The van der Waals surface area contributed by atoms with E-state index in [9.17, 15) is 0 Å². The van der Waals surface area contributed by atoms with Crippen LogP contribution in [0.25, 0.3) is 97.5 Å². The second-order valence-electron chi connectivity index (χ2n) is 12.5. The standard InChI is InChI=1S/C46H28N2S/c1-3-14-30(15-4-1)40-28-41(31-16-5-2-6-17-31)48-46(47-40)44-36-21-11-9-19-34(36)43(35-20-10-12-22-37(35)44)32-24-26-42-39(27-32)38-25-23-29-13-7-8-18-33(29)45(38)49-42/h1-28H. The van der Waals surface area contributed by atoms with Crippen molar-refractivity contribution in [2.75, 3.05) is 0 Å². The third-order valence-electron chi connectivity index (χ3n) is 9.67. The molecule has 0 bridgehead atoms. The highest BCUT2D eigenvalue weighted by atomic mass is 32.1. The molecule has 2 nitrogen and oxygen atoms in total. The highest BCUT2D eigenvalue weighted by Crippen LogP contribution is 2.46. The molecule has 0 saturated heterocycles. The zero-order chi connectivity index (χ0) is 32.3. The Kier molecular flexibility index (Phi) is 6.39. The van der Waals surface area contributed by atoms with Crippen LogP contribution >= 0.6 is 11.3 Å². The van der Waals surface area contributed by atoms with E-state index >= 15 is 0 Å². The second-order valence-corrected chi connectivity index (χ2v) is 13.6. The third-order valence-corrected chi connectivity index (χ3v) is 10.9. The molecule has 0 N–H and O–H groups in total. The van der Waals surface area contributed by atoms with Crippen LogP contribution < -0.4 is 0 Å².